The molecule has 7 nitrogen and oxygen atoms in total. The fourth-order valence-electron chi connectivity index (χ4n) is 1.80. The summed E-state index contributed by atoms with van der Waals surface area (Å²) in [6, 6.07) is 6.74. The Morgan fingerprint density at radius 1 is 1.13 bits per heavy atom. The van der Waals surface area contributed by atoms with Gasteiger partial charge >= 0.3 is 5.97 Å². The molecule has 2 aromatic rings. The fourth-order valence-corrected chi connectivity index (χ4v) is 1.80. The predicted molar refractivity (Wildman–Crippen MR) is 85.3 cm³/mol. The van der Waals surface area contributed by atoms with E-state index in [1.807, 2.05) is 0 Å². The standard InChI is InChI=1S/C16H18N4O3/c1-2-23-16(22)13-5-6-14(20-11-13)18-8-9-19-15(21)12-4-3-7-17-10-12/h3-7,10-11H,2,8-9H2,1H3,(H,18,20)(H,19,21). The zero-order chi connectivity index (χ0) is 16.5. The number of rotatable bonds is 7. The van der Waals surface area contributed by atoms with E-state index in [1.54, 1.807) is 37.4 Å². The second kappa shape index (κ2) is 8.47. The Bertz CT molecular complexity index is 644. The van der Waals surface area contributed by atoms with E-state index < -0.39 is 5.97 Å². The number of anilines is 1. The first-order valence-corrected chi connectivity index (χ1v) is 7.26. The van der Waals surface area contributed by atoms with Crippen LogP contribution in [0, 0.1) is 0 Å². The molecule has 2 heterocycles. The molecule has 2 N–H and O–H groups in total. The molecule has 0 aliphatic rings. The summed E-state index contributed by atoms with van der Waals surface area (Å²) in [4.78, 5) is 31.3. The van der Waals surface area contributed by atoms with E-state index in [4.69, 9.17) is 4.74 Å². The summed E-state index contributed by atoms with van der Waals surface area (Å²) in [5.74, 6) is 0.0504. The van der Waals surface area contributed by atoms with Gasteiger partial charge in [0.1, 0.15) is 5.82 Å². The Morgan fingerprint density at radius 2 is 2.00 bits per heavy atom. The van der Waals surface area contributed by atoms with E-state index in [0.717, 1.165) is 0 Å². The number of nitrogens with zero attached hydrogens (tertiary/aromatic N) is 2. The molecule has 2 rings (SSSR count). The maximum Gasteiger partial charge on any atom is 0.339 e. The molecule has 1 amide bonds. The molecule has 7 heteroatoms. The molecule has 0 fully saturated rings. The van der Waals surface area contributed by atoms with Gasteiger partial charge in [-0.2, -0.15) is 0 Å². The number of aromatic nitrogens is 2. The number of hydrogen-bond acceptors (Lipinski definition) is 6. The van der Waals surface area contributed by atoms with E-state index >= 15 is 0 Å². The number of carbonyl (C=O) groups is 2. The third kappa shape index (κ3) is 5.06. The molecule has 120 valence electrons. The van der Waals surface area contributed by atoms with Crippen molar-refractivity contribution in [3.8, 4) is 0 Å². The number of carbonyl (C=O) groups excluding carboxylic acids is 2. The summed E-state index contributed by atoms with van der Waals surface area (Å²) in [7, 11) is 0. The lowest BCUT2D eigenvalue weighted by molar-refractivity contribution is 0.0525. The van der Waals surface area contributed by atoms with Gasteiger partial charge in [0.05, 0.1) is 17.7 Å². The molecule has 0 aliphatic carbocycles. The van der Waals surface area contributed by atoms with Gasteiger partial charge in [-0.3, -0.25) is 9.78 Å². The topological polar surface area (TPSA) is 93.2 Å². The summed E-state index contributed by atoms with van der Waals surface area (Å²) < 4.78 is 4.88. The van der Waals surface area contributed by atoms with Crippen LogP contribution >= 0.6 is 0 Å². The highest BCUT2D eigenvalue weighted by atomic mass is 16.5. The molecule has 0 spiro atoms. The van der Waals surface area contributed by atoms with Crippen LogP contribution in [0.1, 0.15) is 27.6 Å². The van der Waals surface area contributed by atoms with Crippen LogP contribution in [0.2, 0.25) is 0 Å². The minimum atomic E-state index is -0.393. The monoisotopic (exact) mass is 314 g/mol. The van der Waals surface area contributed by atoms with E-state index in [9.17, 15) is 9.59 Å². The first-order chi connectivity index (χ1) is 11.2. The Labute approximate surface area is 134 Å². The molecular formula is C16H18N4O3. The maximum atomic E-state index is 11.8. The first-order valence-electron chi connectivity index (χ1n) is 7.26. The number of amides is 1. The molecule has 0 radical (unpaired) electrons. The van der Waals surface area contributed by atoms with Crippen LogP contribution in [0.5, 0.6) is 0 Å². The van der Waals surface area contributed by atoms with Crippen molar-refractivity contribution in [3.05, 3.63) is 54.0 Å². The Kier molecular flexibility index (Phi) is 6.05. The largest absolute Gasteiger partial charge is 0.462 e. The summed E-state index contributed by atoms with van der Waals surface area (Å²) in [6.45, 7) is 3.03. The molecule has 0 bridgehead atoms. The minimum absolute atomic E-state index is 0.175. The van der Waals surface area contributed by atoms with Gasteiger partial charge in [0.2, 0.25) is 0 Å². The maximum absolute atomic E-state index is 11.8. The second-order valence-corrected chi connectivity index (χ2v) is 4.58. The first kappa shape index (κ1) is 16.4. The Balaban J connectivity index is 1.74. The summed E-state index contributed by atoms with van der Waals surface area (Å²) in [5, 5.41) is 5.83. The van der Waals surface area contributed by atoms with Crippen molar-refractivity contribution >= 4 is 17.7 Å². The molecule has 0 unspecified atom stereocenters. The SMILES string of the molecule is CCOC(=O)c1ccc(NCCNC(=O)c2cccnc2)nc1. The molecule has 2 aromatic heterocycles. The predicted octanol–water partition coefficient (Wildman–Crippen LogP) is 1.50. The third-order valence-corrected chi connectivity index (χ3v) is 2.92. The van der Waals surface area contributed by atoms with Crippen LogP contribution in [0.15, 0.2) is 42.9 Å². The average molecular weight is 314 g/mol. The molecule has 0 saturated heterocycles. The van der Waals surface area contributed by atoms with Gasteiger partial charge in [0.25, 0.3) is 5.91 Å². The van der Waals surface area contributed by atoms with Gasteiger partial charge in [0.15, 0.2) is 0 Å². The Hall–Kier alpha value is -2.96. The zero-order valence-electron chi connectivity index (χ0n) is 12.8. The van der Waals surface area contributed by atoms with Crippen molar-refractivity contribution < 1.29 is 14.3 Å². The Morgan fingerprint density at radius 3 is 2.65 bits per heavy atom. The van der Waals surface area contributed by atoms with Crippen LogP contribution in [0.3, 0.4) is 0 Å². The van der Waals surface area contributed by atoms with Crippen LogP contribution < -0.4 is 10.6 Å². The quantitative estimate of drug-likeness (QED) is 0.594. The van der Waals surface area contributed by atoms with Gasteiger partial charge in [-0.25, -0.2) is 9.78 Å². The molecule has 23 heavy (non-hydrogen) atoms. The third-order valence-electron chi connectivity index (χ3n) is 2.92. The van der Waals surface area contributed by atoms with Crippen LogP contribution in [0.25, 0.3) is 0 Å². The second-order valence-electron chi connectivity index (χ2n) is 4.58. The van der Waals surface area contributed by atoms with Crippen LogP contribution in [-0.2, 0) is 4.74 Å². The molecule has 0 aromatic carbocycles. The average Bonchev–Trinajstić information content (AvgIpc) is 2.60. The van der Waals surface area contributed by atoms with Crippen LogP contribution in [-0.4, -0.2) is 41.5 Å². The van der Waals surface area contributed by atoms with Crippen molar-refractivity contribution in [1.29, 1.82) is 0 Å². The van der Waals surface area contributed by atoms with Crippen molar-refractivity contribution in [2.24, 2.45) is 0 Å². The van der Waals surface area contributed by atoms with Crippen LogP contribution in [0.4, 0.5) is 5.82 Å². The lowest BCUT2D eigenvalue weighted by atomic mass is 10.3. The minimum Gasteiger partial charge on any atom is -0.462 e. The van der Waals surface area contributed by atoms with E-state index in [2.05, 4.69) is 20.6 Å². The number of nitrogens with one attached hydrogen (secondary N) is 2. The van der Waals surface area contributed by atoms with E-state index in [1.165, 1.54) is 12.4 Å². The highest BCUT2D eigenvalue weighted by Crippen LogP contribution is 2.06. The number of hydrogen-bond donors (Lipinski definition) is 2. The zero-order valence-corrected chi connectivity index (χ0v) is 12.8. The number of ether oxygens (including phenoxy) is 1. The molecule has 0 saturated carbocycles. The molecule has 0 atom stereocenters. The molecule has 0 aliphatic heterocycles. The molecular weight excluding hydrogens is 296 g/mol. The van der Waals surface area contributed by atoms with Gasteiger partial charge in [0, 0.05) is 31.7 Å². The van der Waals surface area contributed by atoms with Gasteiger partial charge in [-0.05, 0) is 31.2 Å². The fraction of sp³-hybridized carbons (Fsp3) is 0.250. The van der Waals surface area contributed by atoms with Crippen molar-refractivity contribution in [1.82, 2.24) is 15.3 Å². The smallest absolute Gasteiger partial charge is 0.339 e. The number of esters is 1. The van der Waals surface area contributed by atoms with Crippen molar-refractivity contribution in [2.45, 2.75) is 6.92 Å². The van der Waals surface area contributed by atoms with Crippen molar-refractivity contribution in [3.63, 3.8) is 0 Å². The lowest BCUT2D eigenvalue weighted by Crippen LogP contribution is -2.28. The summed E-state index contributed by atoms with van der Waals surface area (Å²) >= 11 is 0. The normalized spacial score (nSPS) is 9.96. The van der Waals surface area contributed by atoms with E-state index in [0.29, 0.717) is 36.6 Å². The van der Waals surface area contributed by atoms with Gasteiger partial charge in [-0.15, -0.1) is 0 Å². The highest BCUT2D eigenvalue weighted by molar-refractivity contribution is 5.93. The van der Waals surface area contributed by atoms with Crippen molar-refractivity contribution in [2.75, 3.05) is 25.0 Å². The van der Waals surface area contributed by atoms with Gasteiger partial charge in [-0.1, -0.05) is 0 Å². The summed E-state index contributed by atoms with van der Waals surface area (Å²) in [6.07, 6.45) is 4.58. The number of pyridine rings is 2. The van der Waals surface area contributed by atoms with Gasteiger partial charge < -0.3 is 15.4 Å². The summed E-state index contributed by atoms with van der Waals surface area (Å²) in [5.41, 5.74) is 0.923. The highest BCUT2D eigenvalue weighted by Gasteiger charge is 2.07. The lowest BCUT2D eigenvalue weighted by Gasteiger charge is -2.08. The van der Waals surface area contributed by atoms with E-state index in [-0.39, 0.29) is 5.91 Å².